The molecule has 2 aliphatic carbocycles. The number of unbranched alkanes of at least 4 members (excludes halogenated alkanes) is 2. The highest BCUT2D eigenvalue weighted by atomic mass is 32.2. The molecule has 11 heteroatoms. The number of nitrogens with zero attached hydrogens (tertiary/aromatic N) is 2. The molecule has 7 rings (SSSR count). The van der Waals surface area contributed by atoms with Crippen LogP contribution in [-0.4, -0.2) is 76.7 Å². The van der Waals surface area contributed by atoms with E-state index in [0.717, 1.165) is 92.4 Å². The normalized spacial score (nSPS) is 27.1. The first-order chi connectivity index (χ1) is 28.1. The quantitative estimate of drug-likeness (QED) is 0.0496. The third kappa shape index (κ3) is 9.66. The van der Waals surface area contributed by atoms with Crippen LogP contribution in [0.2, 0.25) is 0 Å². The Balaban J connectivity index is 1.36. The van der Waals surface area contributed by atoms with Gasteiger partial charge in [-0.15, -0.1) is 6.58 Å². The Bertz CT molecular complexity index is 1850. The number of fused-ring (bicyclic) bond motifs is 2. The van der Waals surface area contributed by atoms with E-state index in [2.05, 4.69) is 35.8 Å². The molecule has 57 heavy (non-hydrogen) atoms. The Hall–Kier alpha value is -4.00. The van der Waals surface area contributed by atoms with Crippen molar-refractivity contribution in [2.75, 3.05) is 32.2 Å². The van der Waals surface area contributed by atoms with Crippen LogP contribution in [0.15, 0.2) is 96.5 Å². The van der Waals surface area contributed by atoms with E-state index in [1.807, 2.05) is 48.4 Å². The molecular formula is C46H56N2O8S. The number of pyridine rings is 1. The summed E-state index contributed by atoms with van der Waals surface area (Å²) in [6, 6.07) is 17.3. The van der Waals surface area contributed by atoms with Crippen LogP contribution in [0.3, 0.4) is 0 Å². The lowest BCUT2D eigenvalue weighted by molar-refractivity contribution is -0.223. The molecule has 304 valence electrons. The summed E-state index contributed by atoms with van der Waals surface area (Å²) in [5.41, 5.74) is 4.76. The zero-order valence-corrected chi connectivity index (χ0v) is 33.5. The lowest BCUT2D eigenvalue weighted by Crippen LogP contribution is -2.64. The Morgan fingerprint density at radius 3 is 2.60 bits per heavy atom. The number of hydrogen-bond acceptors (Lipinski definition) is 11. The van der Waals surface area contributed by atoms with Gasteiger partial charge in [-0.05, 0) is 116 Å². The van der Waals surface area contributed by atoms with Crippen LogP contribution in [0.25, 0.3) is 0 Å². The second kappa shape index (κ2) is 20.1. The van der Waals surface area contributed by atoms with Crippen LogP contribution >= 0.6 is 11.8 Å². The zero-order chi connectivity index (χ0) is 39.5. The number of aldehydes is 1. The SMILES string of the molecule is C=CCOC12Oc3ccc(Oc4cccc(C=O)c4)cc3C3C(CCCCO)C(CCCCO)C=C(C(=NOC4CCCCO4)CC1SCCc1ccncc1)C32. The smallest absolute Gasteiger partial charge is 0.230 e. The van der Waals surface area contributed by atoms with Gasteiger partial charge >= 0.3 is 0 Å². The minimum atomic E-state index is -1.06. The molecule has 0 spiro atoms. The van der Waals surface area contributed by atoms with Crippen LogP contribution in [-0.2, 0) is 20.7 Å². The predicted octanol–water partition coefficient (Wildman–Crippen LogP) is 8.82. The van der Waals surface area contributed by atoms with Crippen LogP contribution in [0.5, 0.6) is 17.2 Å². The molecule has 10 nitrogen and oxygen atoms in total. The Labute approximate surface area is 340 Å². The molecular weight excluding hydrogens is 741 g/mol. The van der Waals surface area contributed by atoms with E-state index in [1.54, 1.807) is 18.2 Å². The van der Waals surface area contributed by atoms with Crippen molar-refractivity contribution in [3.63, 3.8) is 0 Å². The number of hydrogen-bond donors (Lipinski definition) is 2. The molecule has 7 atom stereocenters. The van der Waals surface area contributed by atoms with Crippen molar-refractivity contribution in [3.8, 4) is 17.2 Å². The average molecular weight is 797 g/mol. The molecule has 2 N–H and O–H groups in total. The zero-order valence-electron chi connectivity index (χ0n) is 32.7. The van der Waals surface area contributed by atoms with Gasteiger partial charge in [0.05, 0.1) is 30.1 Å². The number of aromatic nitrogens is 1. The van der Waals surface area contributed by atoms with Crippen LogP contribution in [0, 0.1) is 17.8 Å². The van der Waals surface area contributed by atoms with Crippen LogP contribution in [0.1, 0.15) is 91.6 Å². The monoisotopic (exact) mass is 796 g/mol. The van der Waals surface area contributed by atoms with Gasteiger partial charge in [-0.2, -0.15) is 11.8 Å². The minimum Gasteiger partial charge on any atom is -0.460 e. The highest BCUT2D eigenvalue weighted by Crippen LogP contribution is 2.62. The van der Waals surface area contributed by atoms with E-state index in [9.17, 15) is 15.0 Å². The highest BCUT2D eigenvalue weighted by Gasteiger charge is 2.64. The number of aryl methyl sites for hydroxylation is 1. The summed E-state index contributed by atoms with van der Waals surface area (Å²) in [5.74, 6) is 1.74. The summed E-state index contributed by atoms with van der Waals surface area (Å²) in [4.78, 5) is 22.1. The number of thioether (sulfide) groups is 1. The van der Waals surface area contributed by atoms with Gasteiger partial charge in [-0.25, -0.2) is 0 Å². The molecule has 1 saturated carbocycles. The van der Waals surface area contributed by atoms with E-state index >= 15 is 0 Å². The highest BCUT2D eigenvalue weighted by molar-refractivity contribution is 8.00. The van der Waals surface area contributed by atoms with Crippen molar-refractivity contribution < 1.29 is 38.8 Å². The Morgan fingerprint density at radius 1 is 1.00 bits per heavy atom. The molecule has 2 aliphatic heterocycles. The van der Waals surface area contributed by atoms with E-state index in [0.29, 0.717) is 43.1 Å². The lowest BCUT2D eigenvalue weighted by atomic mass is 9.56. The fraction of sp³-hybridized carbons (Fsp3) is 0.500. The number of aliphatic hydroxyl groups excluding tert-OH is 2. The molecule has 0 bridgehead atoms. The van der Waals surface area contributed by atoms with Gasteiger partial charge < -0.3 is 34.0 Å². The third-order valence-corrected chi connectivity index (χ3v) is 13.1. The van der Waals surface area contributed by atoms with Crippen molar-refractivity contribution in [2.45, 2.75) is 93.9 Å². The van der Waals surface area contributed by atoms with Crippen molar-refractivity contribution >= 4 is 23.8 Å². The molecule has 2 fully saturated rings. The van der Waals surface area contributed by atoms with Crippen LogP contribution < -0.4 is 9.47 Å². The first-order valence-corrected chi connectivity index (χ1v) is 21.7. The topological polar surface area (TPSA) is 129 Å². The largest absolute Gasteiger partial charge is 0.460 e. The van der Waals surface area contributed by atoms with Gasteiger partial charge in [0.15, 0.2) is 0 Å². The first kappa shape index (κ1) is 41.2. The van der Waals surface area contributed by atoms with E-state index in [-0.39, 0.29) is 48.4 Å². The third-order valence-electron chi connectivity index (χ3n) is 11.7. The summed E-state index contributed by atoms with van der Waals surface area (Å²) < 4.78 is 26.8. The molecule has 3 heterocycles. The summed E-state index contributed by atoms with van der Waals surface area (Å²) in [6.07, 6.45) is 17.5. The maximum absolute atomic E-state index is 11.6. The molecule has 4 aliphatic rings. The lowest BCUT2D eigenvalue weighted by Gasteiger charge is -2.58. The summed E-state index contributed by atoms with van der Waals surface area (Å²) >= 11 is 1.84. The number of benzene rings is 2. The van der Waals surface area contributed by atoms with Gasteiger partial charge in [-0.3, -0.25) is 9.78 Å². The number of carbonyl (C=O) groups excluding carboxylic acids is 1. The fourth-order valence-electron chi connectivity index (χ4n) is 9.11. The number of oxime groups is 1. The Morgan fingerprint density at radius 2 is 1.82 bits per heavy atom. The van der Waals surface area contributed by atoms with Crippen molar-refractivity contribution in [2.24, 2.45) is 22.9 Å². The van der Waals surface area contributed by atoms with Crippen molar-refractivity contribution in [1.82, 2.24) is 4.98 Å². The summed E-state index contributed by atoms with van der Waals surface area (Å²) in [5, 5.41) is 24.6. The van der Waals surface area contributed by atoms with Gasteiger partial charge in [0.1, 0.15) is 23.5 Å². The molecule has 7 unspecified atom stereocenters. The fourth-order valence-corrected chi connectivity index (χ4v) is 10.5. The van der Waals surface area contributed by atoms with Crippen molar-refractivity contribution in [3.05, 3.63) is 108 Å². The second-order valence-electron chi connectivity index (χ2n) is 15.4. The number of ether oxygens (including phenoxy) is 4. The molecule has 0 radical (unpaired) electrons. The number of aliphatic hydroxyl groups is 2. The predicted molar refractivity (Wildman–Crippen MR) is 222 cm³/mol. The maximum atomic E-state index is 11.6. The van der Waals surface area contributed by atoms with E-state index < -0.39 is 5.79 Å². The van der Waals surface area contributed by atoms with Crippen molar-refractivity contribution in [1.29, 1.82) is 0 Å². The number of allylic oxidation sites excluding steroid dienone is 1. The standard InChI is InChI=1S/C46H56N2O8S/c1-2-24-53-46-42(57-26-19-32-17-20-47-21-18-32)30-40(48-56-43-14-5-8-25-52-43)38-28-34(11-3-6-22-49)37(13-4-7-23-50)44(45(38)46)39-29-36(15-16-41(39)55-46)54-35-12-9-10-33(27-35)31-51/h2,9-10,12,15-18,20-21,27-29,31,34,37,42-45,49-50H,1,3-8,11,13-14,19,22-26,30H2. The molecule has 0 amide bonds. The minimum absolute atomic E-state index is 0.0685. The second-order valence-corrected chi connectivity index (χ2v) is 16.7. The van der Waals surface area contributed by atoms with Gasteiger partial charge in [0.25, 0.3) is 0 Å². The summed E-state index contributed by atoms with van der Waals surface area (Å²) in [7, 11) is 0. The van der Waals surface area contributed by atoms with Gasteiger partial charge in [0, 0.05) is 55.5 Å². The first-order valence-electron chi connectivity index (χ1n) is 20.7. The van der Waals surface area contributed by atoms with Gasteiger partial charge in [-0.1, -0.05) is 42.3 Å². The Kier molecular flexibility index (Phi) is 14.5. The molecule has 3 aromatic rings. The molecule has 1 aromatic heterocycles. The van der Waals surface area contributed by atoms with Crippen LogP contribution in [0.4, 0.5) is 0 Å². The van der Waals surface area contributed by atoms with E-state index in [1.165, 1.54) is 5.56 Å². The van der Waals surface area contributed by atoms with Gasteiger partial charge in [0.2, 0.25) is 12.1 Å². The average Bonchev–Trinajstić information content (AvgIpc) is 3.25. The summed E-state index contributed by atoms with van der Waals surface area (Å²) in [6.45, 7) is 5.29. The maximum Gasteiger partial charge on any atom is 0.230 e. The number of rotatable bonds is 20. The van der Waals surface area contributed by atoms with E-state index in [4.69, 9.17) is 28.9 Å². The number of carbonyl (C=O) groups is 1. The molecule has 2 aromatic carbocycles. The molecule has 1 saturated heterocycles.